The molecule has 0 radical (unpaired) electrons. The number of amidine groups is 2. The molecule has 2 aromatic heterocycles. The van der Waals surface area contributed by atoms with Crippen molar-refractivity contribution in [3.8, 4) is 22.3 Å². The minimum atomic E-state index is -0.366. The van der Waals surface area contributed by atoms with Crippen LogP contribution in [0.1, 0.15) is 28.4 Å². The lowest BCUT2D eigenvalue weighted by atomic mass is 9.91. The molecule has 246 valence electrons. The summed E-state index contributed by atoms with van der Waals surface area (Å²) in [5, 5.41) is 8.36. The molecule has 0 amide bonds. The van der Waals surface area contributed by atoms with Gasteiger partial charge in [0.25, 0.3) is 0 Å². The van der Waals surface area contributed by atoms with Crippen molar-refractivity contribution >= 4 is 76.9 Å². The molecule has 7 aromatic carbocycles. The van der Waals surface area contributed by atoms with Crippen LogP contribution in [0.5, 0.6) is 0 Å². The van der Waals surface area contributed by atoms with E-state index >= 15 is 0 Å². The van der Waals surface area contributed by atoms with Gasteiger partial charge in [0.15, 0.2) is 5.84 Å². The number of rotatable bonds is 4. The van der Waals surface area contributed by atoms with Gasteiger partial charge in [-0.15, -0.1) is 23.1 Å². The van der Waals surface area contributed by atoms with Gasteiger partial charge in [-0.05, 0) is 58.1 Å². The van der Waals surface area contributed by atoms with E-state index < -0.39 is 0 Å². The van der Waals surface area contributed by atoms with Crippen molar-refractivity contribution in [2.45, 2.75) is 16.8 Å². The van der Waals surface area contributed by atoms with E-state index in [9.17, 15) is 0 Å². The number of aliphatic imine (C=N–C) groups is 2. The Balaban J connectivity index is 1.21. The van der Waals surface area contributed by atoms with Gasteiger partial charge >= 0.3 is 0 Å². The fraction of sp³-hybridized carbons (Fsp3) is 0.0435. The van der Waals surface area contributed by atoms with Crippen LogP contribution in [0.3, 0.4) is 0 Å². The van der Waals surface area contributed by atoms with Crippen LogP contribution in [0.25, 0.3) is 64.4 Å². The third-order valence-corrected chi connectivity index (χ3v) is 12.6. The number of hydrogen-bond donors (Lipinski definition) is 1. The Labute approximate surface area is 308 Å². The molecule has 0 fully saturated rings. The van der Waals surface area contributed by atoms with Crippen LogP contribution in [0.4, 0.5) is 0 Å². The summed E-state index contributed by atoms with van der Waals surface area (Å²) in [7, 11) is 0. The highest BCUT2D eigenvalue weighted by Crippen LogP contribution is 2.47. The fourth-order valence-electron chi connectivity index (χ4n) is 7.94. The summed E-state index contributed by atoms with van der Waals surface area (Å²) in [6.07, 6.45) is -0.366. The monoisotopic (exact) mass is 703 g/mol. The van der Waals surface area contributed by atoms with Crippen LogP contribution in [-0.4, -0.2) is 11.7 Å². The van der Waals surface area contributed by atoms with E-state index in [2.05, 4.69) is 139 Å². The maximum atomic E-state index is 6.53. The molecule has 0 aliphatic carbocycles. The van der Waals surface area contributed by atoms with Gasteiger partial charge < -0.3 is 9.73 Å². The van der Waals surface area contributed by atoms with E-state index in [4.69, 9.17) is 14.4 Å². The Bertz CT molecular complexity index is 2950. The Morgan fingerprint density at radius 1 is 0.577 bits per heavy atom. The molecule has 0 bridgehead atoms. The van der Waals surface area contributed by atoms with E-state index in [-0.39, 0.29) is 6.17 Å². The van der Waals surface area contributed by atoms with Crippen molar-refractivity contribution in [1.29, 1.82) is 0 Å². The van der Waals surface area contributed by atoms with Gasteiger partial charge in [0.1, 0.15) is 23.2 Å². The van der Waals surface area contributed by atoms with E-state index in [1.807, 2.05) is 41.3 Å². The molecular weight excluding hydrogens is 675 g/mol. The van der Waals surface area contributed by atoms with Gasteiger partial charge in [0.2, 0.25) is 0 Å². The first kappa shape index (κ1) is 29.7. The van der Waals surface area contributed by atoms with Crippen LogP contribution in [-0.2, 0) is 5.75 Å². The van der Waals surface area contributed by atoms with Crippen LogP contribution in [0, 0.1) is 0 Å². The molecule has 1 N–H and O–H groups in total. The summed E-state index contributed by atoms with van der Waals surface area (Å²) in [6, 6.07) is 53.8. The van der Waals surface area contributed by atoms with E-state index in [0.29, 0.717) is 5.84 Å². The first-order chi connectivity index (χ1) is 25.8. The highest BCUT2D eigenvalue weighted by molar-refractivity contribution is 7.98. The van der Waals surface area contributed by atoms with E-state index in [1.165, 1.54) is 41.8 Å². The number of furan rings is 1. The second kappa shape index (κ2) is 11.8. The van der Waals surface area contributed by atoms with E-state index in [0.717, 1.165) is 61.3 Å². The predicted molar refractivity (Wildman–Crippen MR) is 219 cm³/mol. The zero-order chi connectivity index (χ0) is 34.2. The number of hydrogen-bond acceptors (Lipinski definition) is 6. The summed E-state index contributed by atoms with van der Waals surface area (Å²) in [4.78, 5) is 12.3. The first-order valence-electron chi connectivity index (χ1n) is 17.5. The minimum Gasteiger partial charge on any atom is -0.456 e. The van der Waals surface area contributed by atoms with Crippen LogP contribution >= 0.6 is 23.1 Å². The topological polar surface area (TPSA) is 49.9 Å². The fourth-order valence-corrected chi connectivity index (χ4v) is 10.3. The third-order valence-electron chi connectivity index (χ3n) is 10.3. The van der Waals surface area contributed by atoms with Gasteiger partial charge in [0.05, 0.1) is 0 Å². The smallest absolute Gasteiger partial charge is 0.160 e. The van der Waals surface area contributed by atoms with Crippen LogP contribution < -0.4 is 5.32 Å². The average Bonchev–Trinajstić information content (AvgIpc) is 3.79. The molecule has 1 unspecified atom stereocenters. The zero-order valence-electron chi connectivity index (χ0n) is 27.8. The van der Waals surface area contributed by atoms with Crippen molar-refractivity contribution in [3.05, 3.63) is 174 Å². The number of para-hydroxylation sites is 1. The SMILES string of the molecule is c1ccc(C2=NC(c3c(-c4cccc5sc6ccccc6c45)ccc4oc5ccccc5c34)=NC(c3cccc4c3SCc3ccccc3-4)N2)cc1. The van der Waals surface area contributed by atoms with Crippen molar-refractivity contribution in [2.24, 2.45) is 9.98 Å². The number of thiophene rings is 1. The van der Waals surface area contributed by atoms with Crippen molar-refractivity contribution in [1.82, 2.24) is 5.32 Å². The molecular formula is C46H29N3OS2. The molecule has 11 rings (SSSR count). The maximum absolute atomic E-state index is 6.53. The largest absolute Gasteiger partial charge is 0.456 e. The number of thioether (sulfide) groups is 1. The summed E-state index contributed by atoms with van der Waals surface area (Å²) < 4.78 is 9.06. The Hall–Kier alpha value is -5.95. The summed E-state index contributed by atoms with van der Waals surface area (Å²) >= 11 is 3.73. The highest BCUT2D eigenvalue weighted by atomic mass is 32.2. The number of nitrogens with zero attached hydrogens (tertiary/aromatic N) is 2. The molecule has 4 nitrogen and oxygen atoms in total. The van der Waals surface area contributed by atoms with Crippen molar-refractivity contribution < 1.29 is 4.42 Å². The number of benzene rings is 7. The quantitative estimate of drug-likeness (QED) is 0.198. The number of fused-ring (bicyclic) bond motifs is 9. The third kappa shape index (κ3) is 4.61. The lowest BCUT2D eigenvalue weighted by Crippen LogP contribution is -2.34. The van der Waals surface area contributed by atoms with Crippen molar-refractivity contribution in [3.63, 3.8) is 0 Å². The second-order valence-corrected chi connectivity index (χ2v) is 15.3. The maximum Gasteiger partial charge on any atom is 0.160 e. The summed E-state index contributed by atoms with van der Waals surface area (Å²) in [5.41, 5.74) is 11.0. The zero-order valence-corrected chi connectivity index (χ0v) is 29.5. The molecule has 9 aromatic rings. The normalized spacial score (nSPS) is 15.3. The standard InChI is InChI=1S/C46H29N3OS2/c1-2-12-27(13-3-1)44-47-45(35-20-10-19-32-29-15-5-4-14-28(29)26-51-43(32)35)49-46(48-44)42-31(24-25-37-41(42)33-16-6-8-21-36(33)50-37)30-18-11-23-39-40(30)34-17-7-9-22-38(34)52-39/h1-25,45H,26H2,(H,47,48,49). The molecule has 0 spiro atoms. The van der Waals surface area contributed by atoms with Gasteiger partial charge in [-0.2, -0.15) is 0 Å². The molecule has 0 saturated heterocycles. The minimum absolute atomic E-state index is 0.366. The molecule has 6 heteroatoms. The summed E-state index contributed by atoms with van der Waals surface area (Å²) in [6.45, 7) is 0. The van der Waals surface area contributed by atoms with Gasteiger partial charge in [-0.25, -0.2) is 9.98 Å². The summed E-state index contributed by atoms with van der Waals surface area (Å²) in [5.74, 6) is 2.40. The van der Waals surface area contributed by atoms with Gasteiger partial charge in [0, 0.05) is 58.3 Å². The molecule has 4 heterocycles. The Kier molecular flexibility index (Phi) is 6.75. The molecule has 2 aliphatic heterocycles. The Morgan fingerprint density at radius 3 is 2.27 bits per heavy atom. The predicted octanol–water partition coefficient (Wildman–Crippen LogP) is 12.4. The highest BCUT2D eigenvalue weighted by Gasteiger charge is 2.30. The lowest BCUT2D eigenvalue weighted by Gasteiger charge is -2.28. The van der Waals surface area contributed by atoms with Gasteiger partial charge in [-0.1, -0.05) is 121 Å². The number of nitrogens with one attached hydrogen (secondary N) is 1. The second-order valence-electron chi connectivity index (χ2n) is 13.2. The average molecular weight is 704 g/mol. The van der Waals surface area contributed by atoms with Crippen LogP contribution in [0.2, 0.25) is 0 Å². The lowest BCUT2D eigenvalue weighted by molar-refractivity contribution is 0.662. The molecule has 2 aliphatic rings. The molecule has 1 atom stereocenters. The van der Waals surface area contributed by atoms with E-state index in [1.54, 1.807) is 0 Å². The molecule has 52 heavy (non-hydrogen) atoms. The Morgan fingerprint density at radius 2 is 1.33 bits per heavy atom. The van der Waals surface area contributed by atoms with Crippen LogP contribution in [0.15, 0.2) is 171 Å². The van der Waals surface area contributed by atoms with Gasteiger partial charge in [-0.3, -0.25) is 0 Å². The first-order valence-corrected chi connectivity index (χ1v) is 19.3. The van der Waals surface area contributed by atoms with Crippen molar-refractivity contribution in [2.75, 3.05) is 0 Å². The molecule has 0 saturated carbocycles.